The Morgan fingerprint density at radius 3 is 2.39 bits per heavy atom. The van der Waals surface area contributed by atoms with E-state index in [0.29, 0.717) is 31.7 Å². The second-order valence-corrected chi connectivity index (χ2v) is 11.8. The quantitative estimate of drug-likeness (QED) is 0.208. The van der Waals surface area contributed by atoms with Gasteiger partial charge in [0.05, 0.1) is 19.0 Å². The Morgan fingerprint density at radius 1 is 1.07 bits per heavy atom. The molecule has 1 aromatic heterocycles. The van der Waals surface area contributed by atoms with Gasteiger partial charge in [-0.3, -0.25) is 14.4 Å². The third-order valence-electron chi connectivity index (χ3n) is 7.79. The summed E-state index contributed by atoms with van der Waals surface area (Å²) in [6, 6.07) is 15.8. The van der Waals surface area contributed by atoms with Crippen LogP contribution in [0.4, 0.5) is 5.82 Å². The van der Waals surface area contributed by atoms with Crippen LogP contribution in [-0.4, -0.2) is 76.0 Å². The summed E-state index contributed by atoms with van der Waals surface area (Å²) in [4.78, 5) is 46.6. The fraction of sp³-hybridized carbons (Fsp3) is 0.438. The molecule has 2 heterocycles. The van der Waals surface area contributed by atoms with E-state index in [9.17, 15) is 19.4 Å². The molecule has 11 nitrogen and oxygen atoms in total. The van der Waals surface area contributed by atoms with Gasteiger partial charge >= 0.3 is 7.05 Å². The van der Waals surface area contributed by atoms with Crippen LogP contribution >= 0.6 is 0 Å². The molecular weight excluding hydrogens is 559 g/mol. The molecule has 4 rings (SSSR count). The number of carbonyl (C=O) groups is 3. The zero-order chi connectivity index (χ0) is 31.7. The number of amides is 3. The number of likely N-dealkylation sites (tertiary alicyclic amines) is 1. The lowest BCUT2D eigenvalue weighted by atomic mass is 9.83. The van der Waals surface area contributed by atoms with E-state index < -0.39 is 36.5 Å². The number of carbonyl (C=O) groups excluding carboxylic acids is 3. The number of rotatable bonds is 14. The molecule has 4 N–H and O–H groups in total. The maximum absolute atomic E-state index is 13.7. The fourth-order valence-electron chi connectivity index (χ4n) is 5.44. The van der Waals surface area contributed by atoms with Crippen LogP contribution in [-0.2, 0) is 20.8 Å². The highest BCUT2D eigenvalue weighted by Gasteiger charge is 2.33. The summed E-state index contributed by atoms with van der Waals surface area (Å²) < 4.78 is 7.00. The molecule has 0 saturated carbocycles. The largest absolute Gasteiger partial charge is 0.497 e. The highest BCUT2D eigenvalue weighted by Crippen LogP contribution is 2.26. The van der Waals surface area contributed by atoms with Crippen molar-refractivity contribution in [1.29, 1.82) is 0 Å². The Hall–Kier alpha value is -4.16. The first-order valence-corrected chi connectivity index (χ1v) is 15.1. The molecule has 1 unspecified atom stereocenters. The van der Waals surface area contributed by atoms with Gasteiger partial charge in [0.2, 0.25) is 17.7 Å². The smallest absolute Gasteiger partial charge is 0.374 e. The van der Waals surface area contributed by atoms with Crippen molar-refractivity contribution in [2.75, 3.05) is 25.5 Å². The first-order chi connectivity index (χ1) is 21.1. The van der Waals surface area contributed by atoms with Crippen LogP contribution < -0.4 is 20.6 Å². The van der Waals surface area contributed by atoms with Crippen molar-refractivity contribution in [2.24, 2.45) is 0 Å². The Morgan fingerprint density at radius 2 is 1.75 bits per heavy atom. The van der Waals surface area contributed by atoms with Crippen LogP contribution in [0.5, 0.6) is 5.75 Å². The number of methoxy groups -OCH3 is 1. The molecule has 234 valence electrons. The average molecular weight is 603 g/mol. The average Bonchev–Trinajstić information content (AvgIpc) is 3.70. The lowest BCUT2D eigenvalue weighted by Crippen LogP contribution is -2.60. The summed E-state index contributed by atoms with van der Waals surface area (Å²) in [5.74, 6) is 0.0797. The van der Waals surface area contributed by atoms with E-state index in [4.69, 9.17) is 4.74 Å². The van der Waals surface area contributed by atoms with Crippen LogP contribution in [0, 0.1) is 0 Å². The van der Waals surface area contributed by atoms with Crippen LogP contribution in [0.3, 0.4) is 0 Å². The minimum Gasteiger partial charge on any atom is -0.497 e. The van der Waals surface area contributed by atoms with Crippen molar-refractivity contribution in [1.82, 2.24) is 25.0 Å². The Kier molecular flexibility index (Phi) is 11.2. The Bertz CT molecular complexity index is 1390. The molecule has 44 heavy (non-hydrogen) atoms. The van der Waals surface area contributed by atoms with Gasteiger partial charge in [0.25, 0.3) is 0 Å². The van der Waals surface area contributed by atoms with Gasteiger partial charge in [-0.1, -0.05) is 42.5 Å². The minimum atomic E-state index is -1.12. The predicted octanol–water partition coefficient (Wildman–Crippen LogP) is 3.03. The number of nitrogens with one attached hydrogen (secondary N) is 3. The molecule has 0 bridgehead atoms. The van der Waals surface area contributed by atoms with Gasteiger partial charge in [-0.05, 0) is 76.0 Å². The van der Waals surface area contributed by atoms with E-state index in [2.05, 4.69) is 20.8 Å². The van der Waals surface area contributed by atoms with Gasteiger partial charge in [0, 0.05) is 19.3 Å². The fourth-order valence-corrected chi connectivity index (χ4v) is 5.44. The first-order valence-electron chi connectivity index (χ1n) is 15.1. The number of imidazole rings is 1. The Balaban J connectivity index is 1.52. The molecule has 0 aliphatic carbocycles. The molecule has 3 aromatic rings. The summed E-state index contributed by atoms with van der Waals surface area (Å²) in [5.41, 5.74) is 0.798. The third-order valence-corrected chi connectivity index (χ3v) is 7.79. The number of anilines is 1. The van der Waals surface area contributed by atoms with Crippen molar-refractivity contribution in [3.63, 3.8) is 0 Å². The molecule has 12 heteroatoms. The van der Waals surface area contributed by atoms with Crippen molar-refractivity contribution >= 4 is 30.6 Å². The number of benzene rings is 2. The highest BCUT2D eigenvalue weighted by molar-refractivity contribution is 6.46. The summed E-state index contributed by atoms with van der Waals surface area (Å²) in [5, 5.41) is 18.3. The predicted molar refractivity (Wildman–Crippen MR) is 170 cm³/mol. The topological polar surface area (TPSA) is 138 Å². The SMILES string of the molecule is COc1ccc(C(C(=O)N2CCCC2)n2cnc(NC(=O)[C@@H](CCCc3ccccc3)NC(=O)C(C)(C)NB(C)O)c2)cc1. The summed E-state index contributed by atoms with van der Waals surface area (Å²) in [7, 11) is 0.682. The normalized spacial score (nSPS) is 14.5. The number of nitrogens with zero attached hydrogens (tertiary/aromatic N) is 3. The summed E-state index contributed by atoms with van der Waals surface area (Å²) >= 11 is 0. The number of aromatic nitrogens is 2. The highest BCUT2D eigenvalue weighted by atomic mass is 16.5. The molecule has 0 radical (unpaired) electrons. The number of ether oxygens (including phenoxy) is 1. The molecule has 0 spiro atoms. The summed E-state index contributed by atoms with van der Waals surface area (Å²) in [6.45, 7) is 6.23. The standard InChI is InChI=1S/C32H43BN6O5/c1-32(2,37-33(3)43)31(42)35-26(14-10-13-23-11-6-5-7-12-23)29(40)36-27-21-39(22-34-27)28(30(41)38-19-8-9-20-38)24-15-17-25(44-4)18-16-24/h5-7,11-12,15-18,21-22,26,28,37,43H,8-10,13-14,19-20H2,1-4H3,(H,35,42)(H,36,40)/t26-,28?/m1/s1. The van der Waals surface area contributed by atoms with E-state index in [-0.39, 0.29) is 11.7 Å². The monoisotopic (exact) mass is 602 g/mol. The van der Waals surface area contributed by atoms with Gasteiger partial charge in [-0.25, -0.2) is 4.98 Å². The molecule has 2 aromatic carbocycles. The zero-order valence-corrected chi connectivity index (χ0v) is 26.0. The van der Waals surface area contributed by atoms with Gasteiger partial charge in [0.15, 0.2) is 5.82 Å². The summed E-state index contributed by atoms with van der Waals surface area (Å²) in [6.07, 6.45) is 6.90. The first kappa shape index (κ1) is 32.8. The zero-order valence-electron chi connectivity index (χ0n) is 26.0. The van der Waals surface area contributed by atoms with E-state index >= 15 is 0 Å². The van der Waals surface area contributed by atoms with Gasteiger partial charge in [-0.15, -0.1) is 0 Å². The van der Waals surface area contributed by atoms with E-state index in [1.807, 2.05) is 59.5 Å². The van der Waals surface area contributed by atoms with Crippen LogP contribution in [0.15, 0.2) is 67.1 Å². The molecule has 1 fully saturated rings. The lowest BCUT2D eigenvalue weighted by Gasteiger charge is -2.28. The lowest BCUT2D eigenvalue weighted by molar-refractivity contribution is -0.132. The van der Waals surface area contributed by atoms with E-state index in [1.54, 1.807) is 31.7 Å². The van der Waals surface area contributed by atoms with Gasteiger partial charge < -0.3 is 35.1 Å². The maximum Gasteiger partial charge on any atom is 0.374 e. The third kappa shape index (κ3) is 8.70. The molecule has 1 aliphatic rings. The van der Waals surface area contributed by atoms with Crippen LogP contribution in [0.1, 0.15) is 56.7 Å². The van der Waals surface area contributed by atoms with Crippen molar-refractivity contribution in [3.05, 3.63) is 78.2 Å². The second kappa shape index (κ2) is 15.0. The molecule has 2 atom stereocenters. The van der Waals surface area contributed by atoms with Gasteiger partial charge in [0.1, 0.15) is 17.8 Å². The molecule has 3 amide bonds. The Labute approximate surface area is 259 Å². The van der Waals surface area contributed by atoms with Crippen molar-refractivity contribution in [2.45, 2.75) is 70.4 Å². The van der Waals surface area contributed by atoms with E-state index in [0.717, 1.165) is 30.4 Å². The molecular formula is C32H43BN6O5. The number of aryl methyl sites for hydroxylation is 1. The van der Waals surface area contributed by atoms with Crippen LogP contribution in [0.2, 0.25) is 6.82 Å². The molecule has 1 saturated heterocycles. The molecule has 1 aliphatic heterocycles. The van der Waals surface area contributed by atoms with Crippen LogP contribution in [0.25, 0.3) is 0 Å². The van der Waals surface area contributed by atoms with Crippen molar-refractivity contribution in [3.8, 4) is 5.75 Å². The second-order valence-electron chi connectivity index (χ2n) is 11.8. The number of hydrogen-bond donors (Lipinski definition) is 4. The van der Waals surface area contributed by atoms with Gasteiger partial charge in [-0.2, -0.15) is 0 Å². The maximum atomic E-state index is 13.7. The van der Waals surface area contributed by atoms with E-state index in [1.165, 1.54) is 13.2 Å². The minimum absolute atomic E-state index is 0.0400. The van der Waals surface area contributed by atoms with Crippen molar-refractivity contribution < 1.29 is 24.1 Å². The number of hydrogen-bond acceptors (Lipinski definition) is 7.